The van der Waals surface area contributed by atoms with Gasteiger partial charge in [-0.2, -0.15) is 0 Å². The minimum atomic E-state index is 0.746. The van der Waals surface area contributed by atoms with E-state index < -0.39 is 0 Å². The van der Waals surface area contributed by atoms with Crippen molar-refractivity contribution in [3.05, 3.63) is 24.2 Å². The smallest absolute Gasteiger partial charge is 0.165 e. The molecule has 0 aromatic carbocycles. The molecule has 2 aromatic heterocycles. The molecule has 0 atom stereocenters. The number of hydrogen-bond donors (Lipinski definition) is 0. The van der Waals surface area contributed by atoms with E-state index in [1.165, 1.54) is 0 Å². The molecule has 3 rings (SSSR count). The van der Waals surface area contributed by atoms with Crippen LogP contribution in [0.1, 0.15) is 5.56 Å². The van der Waals surface area contributed by atoms with Crippen LogP contribution in [0.15, 0.2) is 23.6 Å². The van der Waals surface area contributed by atoms with E-state index in [-0.39, 0.29) is 0 Å². The Morgan fingerprint density at radius 1 is 1.29 bits per heavy atom. The molecule has 2 aromatic rings. The van der Waals surface area contributed by atoms with Gasteiger partial charge in [0.2, 0.25) is 0 Å². The van der Waals surface area contributed by atoms with E-state index in [2.05, 4.69) is 15.0 Å². The predicted octanol–water partition coefficient (Wildman–Crippen LogP) is 1.70. The lowest BCUT2D eigenvalue weighted by Gasteiger charge is -1.96. The molecule has 0 N–H and O–H groups in total. The summed E-state index contributed by atoms with van der Waals surface area (Å²) in [6.07, 6.45) is 9.27. The van der Waals surface area contributed by atoms with Crippen LogP contribution in [0.4, 0.5) is 5.82 Å². The van der Waals surface area contributed by atoms with Crippen molar-refractivity contribution >= 4 is 29.1 Å². The first-order valence-electron chi connectivity index (χ1n) is 4.37. The molecule has 0 amide bonds. The molecular formula is C10H8N4. The van der Waals surface area contributed by atoms with Crippen molar-refractivity contribution in [1.29, 1.82) is 0 Å². The zero-order valence-corrected chi connectivity index (χ0v) is 7.68. The number of aromatic nitrogens is 3. The van der Waals surface area contributed by atoms with Gasteiger partial charge in [-0.1, -0.05) is 6.08 Å². The Kier molecular flexibility index (Phi) is 1.33. The fourth-order valence-electron chi connectivity index (χ4n) is 1.71. The first-order chi connectivity index (χ1) is 6.86. The van der Waals surface area contributed by atoms with Crippen LogP contribution < -0.4 is 0 Å². The number of aryl methyl sites for hydroxylation is 1. The van der Waals surface area contributed by atoms with Gasteiger partial charge in [0.15, 0.2) is 5.82 Å². The molecule has 0 fully saturated rings. The molecule has 1 aliphatic rings. The van der Waals surface area contributed by atoms with Crippen molar-refractivity contribution in [2.24, 2.45) is 12.0 Å². The molecule has 14 heavy (non-hydrogen) atoms. The highest BCUT2D eigenvalue weighted by Gasteiger charge is 2.11. The van der Waals surface area contributed by atoms with Crippen molar-refractivity contribution < 1.29 is 0 Å². The van der Waals surface area contributed by atoms with Crippen molar-refractivity contribution in [3.8, 4) is 0 Å². The summed E-state index contributed by atoms with van der Waals surface area (Å²) in [4.78, 5) is 12.6. The molecule has 0 unspecified atom stereocenters. The quantitative estimate of drug-likeness (QED) is 0.625. The van der Waals surface area contributed by atoms with Gasteiger partial charge in [0.25, 0.3) is 0 Å². The van der Waals surface area contributed by atoms with Crippen molar-refractivity contribution in [2.75, 3.05) is 0 Å². The third-order valence-corrected chi connectivity index (χ3v) is 2.32. The third kappa shape index (κ3) is 0.849. The lowest BCUT2D eigenvalue weighted by atomic mass is 10.2. The highest BCUT2D eigenvalue weighted by molar-refractivity contribution is 5.99. The normalized spacial score (nSPS) is 13.5. The summed E-state index contributed by atoms with van der Waals surface area (Å²) in [5.41, 5.74) is 2.05. The zero-order chi connectivity index (χ0) is 9.54. The lowest BCUT2D eigenvalue weighted by molar-refractivity contribution is 0.942. The minimum absolute atomic E-state index is 0.746. The van der Waals surface area contributed by atoms with E-state index in [4.69, 9.17) is 0 Å². The van der Waals surface area contributed by atoms with Gasteiger partial charge < -0.3 is 4.57 Å². The molecule has 4 nitrogen and oxygen atoms in total. The summed E-state index contributed by atoms with van der Waals surface area (Å²) in [5, 5.41) is 1.03. The van der Waals surface area contributed by atoms with Crippen LogP contribution in [0.5, 0.6) is 0 Å². The van der Waals surface area contributed by atoms with Crippen molar-refractivity contribution in [3.63, 3.8) is 0 Å². The van der Waals surface area contributed by atoms with Crippen LogP contribution in [0, 0.1) is 0 Å². The van der Waals surface area contributed by atoms with Crippen LogP contribution in [-0.2, 0) is 7.05 Å². The first kappa shape index (κ1) is 7.44. The number of hydrogen-bond acceptors (Lipinski definition) is 3. The monoisotopic (exact) mass is 184 g/mol. The van der Waals surface area contributed by atoms with Crippen LogP contribution in [0.2, 0.25) is 0 Å². The van der Waals surface area contributed by atoms with E-state index in [1.54, 1.807) is 12.5 Å². The Balaban J connectivity index is 2.57. The Morgan fingerprint density at radius 3 is 3.14 bits per heavy atom. The largest absolute Gasteiger partial charge is 0.335 e. The van der Waals surface area contributed by atoms with E-state index >= 15 is 0 Å². The van der Waals surface area contributed by atoms with E-state index in [1.807, 2.05) is 30.0 Å². The fraction of sp³-hybridized carbons (Fsp3) is 0.100. The molecule has 3 heterocycles. The van der Waals surface area contributed by atoms with Gasteiger partial charge in [0.05, 0.1) is 5.39 Å². The second-order valence-electron chi connectivity index (χ2n) is 3.23. The van der Waals surface area contributed by atoms with Crippen LogP contribution in [-0.4, -0.2) is 20.7 Å². The van der Waals surface area contributed by atoms with E-state index in [9.17, 15) is 0 Å². The Hall–Kier alpha value is -1.97. The second-order valence-corrected chi connectivity index (χ2v) is 3.23. The van der Waals surface area contributed by atoms with Crippen LogP contribution in [0.3, 0.4) is 0 Å². The molecule has 0 radical (unpaired) electrons. The molecule has 1 aliphatic heterocycles. The second kappa shape index (κ2) is 2.51. The summed E-state index contributed by atoms with van der Waals surface area (Å²) in [7, 11) is 1.97. The molecule has 68 valence electrons. The minimum Gasteiger partial charge on any atom is -0.335 e. The van der Waals surface area contributed by atoms with Crippen LogP contribution in [0.25, 0.3) is 17.1 Å². The highest BCUT2D eigenvalue weighted by atomic mass is 15.0. The van der Waals surface area contributed by atoms with Gasteiger partial charge in [0, 0.05) is 25.0 Å². The number of allylic oxidation sites excluding steroid dienone is 1. The van der Waals surface area contributed by atoms with Crippen molar-refractivity contribution in [1.82, 2.24) is 14.5 Å². The summed E-state index contributed by atoms with van der Waals surface area (Å²) in [6, 6.07) is 0. The predicted molar refractivity (Wildman–Crippen MR) is 55.7 cm³/mol. The molecule has 0 aliphatic carbocycles. The first-order valence-corrected chi connectivity index (χ1v) is 4.37. The average Bonchev–Trinajstić information content (AvgIpc) is 2.41. The van der Waals surface area contributed by atoms with Gasteiger partial charge >= 0.3 is 0 Å². The Morgan fingerprint density at radius 2 is 2.21 bits per heavy atom. The summed E-state index contributed by atoms with van der Waals surface area (Å²) < 4.78 is 1.99. The van der Waals surface area contributed by atoms with Gasteiger partial charge in [-0.15, -0.1) is 0 Å². The fourth-order valence-corrected chi connectivity index (χ4v) is 1.71. The summed E-state index contributed by atoms with van der Waals surface area (Å²) >= 11 is 0. The van der Waals surface area contributed by atoms with Gasteiger partial charge in [-0.25, -0.2) is 15.0 Å². The molecule has 4 heteroatoms. The molecule has 0 saturated heterocycles. The van der Waals surface area contributed by atoms with Gasteiger partial charge in [-0.05, 0) is 6.08 Å². The van der Waals surface area contributed by atoms with E-state index in [0.717, 1.165) is 22.4 Å². The summed E-state index contributed by atoms with van der Waals surface area (Å²) in [5.74, 6) is 0.746. The standard InChI is InChI=1S/C10H8N4/c1-14-5-7-3-2-4-11-9-8(7)10(14)13-6-12-9/h2-6H,1H3. The maximum Gasteiger partial charge on any atom is 0.165 e. The topological polar surface area (TPSA) is 43.1 Å². The van der Waals surface area contributed by atoms with Gasteiger partial charge in [0.1, 0.15) is 12.0 Å². The zero-order valence-electron chi connectivity index (χ0n) is 7.68. The van der Waals surface area contributed by atoms with E-state index in [0.29, 0.717) is 0 Å². The van der Waals surface area contributed by atoms with Gasteiger partial charge in [-0.3, -0.25) is 0 Å². The highest BCUT2D eigenvalue weighted by Crippen LogP contribution is 2.28. The number of aliphatic imine (C=N–C) groups is 1. The Labute approximate surface area is 80.6 Å². The maximum atomic E-state index is 4.24. The lowest BCUT2D eigenvalue weighted by Crippen LogP contribution is -1.88. The SMILES string of the molecule is Cn1cc2c3c(ncnc31)N=CC=C2. The number of nitrogens with zero attached hydrogens (tertiary/aromatic N) is 4. The number of rotatable bonds is 0. The summed E-state index contributed by atoms with van der Waals surface area (Å²) in [6.45, 7) is 0. The molecule has 0 saturated carbocycles. The third-order valence-electron chi connectivity index (χ3n) is 2.32. The average molecular weight is 184 g/mol. The molecular weight excluding hydrogens is 176 g/mol. The molecule has 0 bridgehead atoms. The van der Waals surface area contributed by atoms with Crippen LogP contribution >= 0.6 is 0 Å². The maximum absolute atomic E-state index is 4.24. The van der Waals surface area contributed by atoms with Crippen molar-refractivity contribution in [2.45, 2.75) is 0 Å². The Bertz CT molecular complexity index is 563. The molecule has 0 spiro atoms.